The van der Waals surface area contributed by atoms with Crippen LogP contribution in [0.1, 0.15) is 51.4 Å². The van der Waals surface area contributed by atoms with Crippen LogP contribution in [0, 0.1) is 0 Å². The van der Waals surface area contributed by atoms with Gasteiger partial charge in [0.2, 0.25) is 0 Å². The second-order valence-electron chi connectivity index (χ2n) is 5.15. The van der Waals surface area contributed by atoms with E-state index in [4.69, 9.17) is 16.7 Å². The third-order valence-electron chi connectivity index (χ3n) is 3.77. The zero-order valence-electron chi connectivity index (χ0n) is 10.3. The number of piperidine rings is 2. The summed E-state index contributed by atoms with van der Waals surface area (Å²) in [5, 5.41) is 13.1. The van der Waals surface area contributed by atoms with E-state index in [1.165, 1.54) is 38.5 Å². The molecule has 1 aliphatic carbocycles. The number of hydrogen-bond acceptors (Lipinski definition) is 2. The average molecular weight is 256 g/mol. The number of halogens is 1. The quantitative estimate of drug-likeness (QED) is 0.685. The van der Waals surface area contributed by atoms with Crippen LogP contribution in [0.3, 0.4) is 0 Å². The molecule has 0 unspecified atom stereocenters. The lowest BCUT2D eigenvalue weighted by Gasteiger charge is -2.35. The van der Waals surface area contributed by atoms with Crippen molar-refractivity contribution >= 4 is 11.6 Å². The van der Waals surface area contributed by atoms with Crippen molar-refractivity contribution in [1.29, 1.82) is 0 Å². The Bertz CT molecular complexity index is 291. The molecular weight excluding hydrogens is 234 g/mol. The molecule has 2 fully saturated rings. The van der Waals surface area contributed by atoms with Crippen molar-refractivity contribution < 1.29 is 5.11 Å². The van der Waals surface area contributed by atoms with Crippen LogP contribution >= 0.6 is 11.6 Å². The molecule has 2 bridgehead atoms. The highest BCUT2D eigenvalue weighted by Gasteiger charge is 2.24. The van der Waals surface area contributed by atoms with E-state index in [1.807, 2.05) is 6.08 Å². The SMILES string of the molecule is C1CC2CCCC(C1)N2.OC1=C(Cl)CCC=C1. The van der Waals surface area contributed by atoms with E-state index in [9.17, 15) is 0 Å². The smallest absolute Gasteiger partial charge is 0.129 e. The fourth-order valence-electron chi connectivity index (χ4n) is 2.80. The topological polar surface area (TPSA) is 32.3 Å². The molecular formula is C14H22ClNO. The normalized spacial score (nSPS) is 31.8. The Morgan fingerprint density at radius 1 is 1.12 bits per heavy atom. The van der Waals surface area contributed by atoms with Gasteiger partial charge in [-0.3, -0.25) is 0 Å². The van der Waals surface area contributed by atoms with E-state index in [0.717, 1.165) is 24.9 Å². The van der Waals surface area contributed by atoms with E-state index < -0.39 is 0 Å². The summed E-state index contributed by atoms with van der Waals surface area (Å²) in [7, 11) is 0. The van der Waals surface area contributed by atoms with Gasteiger partial charge in [0.15, 0.2) is 0 Å². The molecule has 0 atom stereocenters. The zero-order chi connectivity index (χ0) is 12.1. The first-order chi connectivity index (χ1) is 8.25. The van der Waals surface area contributed by atoms with Crippen molar-refractivity contribution in [3.8, 4) is 0 Å². The first-order valence-corrected chi connectivity index (χ1v) is 7.13. The fourth-order valence-corrected chi connectivity index (χ4v) is 2.97. The molecule has 0 aromatic rings. The third kappa shape index (κ3) is 4.04. The van der Waals surface area contributed by atoms with E-state index in [2.05, 4.69) is 5.32 Å². The summed E-state index contributed by atoms with van der Waals surface area (Å²) in [4.78, 5) is 0. The van der Waals surface area contributed by atoms with Gasteiger partial charge in [-0.25, -0.2) is 0 Å². The zero-order valence-corrected chi connectivity index (χ0v) is 11.0. The second-order valence-corrected chi connectivity index (χ2v) is 5.61. The highest BCUT2D eigenvalue weighted by Crippen LogP contribution is 2.24. The fraction of sp³-hybridized carbons (Fsp3) is 0.714. The maximum atomic E-state index is 8.84. The molecule has 0 aromatic carbocycles. The van der Waals surface area contributed by atoms with Crippen molar-refractivity contribution in [3.63, 3.8) is 0 Å². The summed E-state index contributed by atoms with van der Waals surface area (Å²) < 4.78 is 0. The van der Waals surface area contributed by atoms with E-state index >= 15 is 0 Å². The van der Waals surface area contributed by atoms with Crippen LogP contribution in [0.25, 0.3) is 0 Å². The molecule has 2 heterocycles. The lowest BCUT2D eigenvalue weighted by molar-refractivity contribution is 0.243. The highest BCUT2D eigenvalue weighted by atomic mass is 35.5. The Hall–Kier alpha value is -0.470. The standard InChI is InChI=1S/C8H15N.C6H7ClO/c1-3-7-5-2-6-8(4-1)9-7;7-5-3-1-2-4-6(5)8/h7-9H,1-6H2;2,4,8H,1,3H2. The Balaban J connectivity index is 0.000000128. The van der Waals surface area contributed by atoms with Gasteiger partial charge in [0.1, 0.15) is 5.76 Å². The maximum Gasteiger partial charge on any atom is 0.129 e. The Morgan fingerprint density at radius 2 is 1.71 bits per heavy atom. The van der Waals surface area contributed by atoms with Gasteiger partial charge in [-0.2, -0.15) is 0 Å². The molecule has 96 valence electrons. The number of allylic oxidation sites excluding steroid dienone is 3. The number of fused-ring (bicyclic) bond motifs is 2. The van der Waals surface area contributed by atoms with Crippen LogP contribution in [0.15, 0.2) is 22.9 Å². The van der Waals surface area contributed by atoms with Gasteiger partial charge >= 0.3 is 0 Å². The molecule has 0 spiro atoms. The van der Waals surface area contributed by atoms with Crippen molar-refractivity contribution in [1.82, 2.24) is 5.32 Å². The number of rotatable bonds is 0. The van der Waals surface area contributed by atoms with Crippen molar-refractivity contribution in [2.75, 3.05) is 0 Å². The molecule has 0 saturated carbocycles. The molecule has 2 N–H and O–H groups in total. The van der Waals surface area contributed by atoms with Gasteiger partial charge < -0.3 is 10.4 Å². The lowest BCUT2D eigenvalue weighted by Crippen LogP contribution is -2.45. The summed E-state index contributed by atoms with van der Waals surface area (Å²) in [6.45, 7) is 0. The molecule has 2 aliphatic heterocycles. The summed E-state index contributed by atoms with van der Waals surface area (Å²) in [5.74, 6) is 0.220. The van der Waals surface area contributed by atoms with Gasteiger partial charge in [-0.05, 0) is 44.6 Å². The Labute approximate surface area is 109 Å². The van der Waals surface area contributed by atoms with E-state index in [0.29, 0.717) is 5.03 Å². The molecule has 3 rings (SSSR count). The van der Waals surface area contributed by atoms with Crippen molar-refractivity contribution in [2.24, 2.45) is 0 Å². The summed E-state index contributed by atoms with van der Waals surface area (Å²) >= 11 is 5.55. The molecule has 3 heteroatoms. The minimum Gasteiger partial charge on any atom is -0.507 e. The van der Waals surface area contributed by atoms with E-state index in [-0.39, 0.29) is 5.76 Å². The van der Waals surface area contributed by atoms with Gasteiger partial charge in [-0.1, -0.05) is 30.5 Å². The molecule has 0 amide bonds. The molecule has 0 aromatic heterocycles. The van der Waals surface area contributed by atoms with Crippen LogP contribution < -0.4 is 5.32 Å². The largest absolute Gasteiger partial charge is 0.507 e. The number of hydrogen-bond donors (Lipinski definition) is 2. The van der Waals surface area contributed by atoms with Crippen LogP contribution in [0.5, 0.6) is 0 Å². The van der Waals surface area contributed by atoms with Gasteiger partial charge in [0.05, 0.1) is 5.03 Å². The van der Waals surface area contributed by atoms with E-state index in [1.54, 1.807) is 6.08 Å². The molecule has 0 radical (unpaired) electrons. The molecule has 2 saturated heterocycles. The van der Waals surface area contributed by atoms with Crippen molar-refractivity contribution in [3.05, 3.63) is 22.9 Å². The molecule has 2 nitrogen and oxygen atoms in total. The molecule has 17 heavy (non-hydrogen) atoms. The monoisotopic (exact) mass is 255 g/mol. The minimum absolute atomic E-state index is 0.220. The van der Waals surface area contributed by atoms with Gasteiger partial charge in [-0.15, -0.1) is 0 Å². The third-order valence-corrected chi connectivity index (χ3v) is 4.15. The van der Waals surface area contributed by atoms with Crippen molar-refractivity contribution in [2.45, 2.75) is 63.5 Å². The van der Waals surface area contributed by atoms with Crippen LogP contribution in [-0.2, 0) is 0 Å². The lowest BCUT2D eigenvalue weighted by atomic mass is 9.87. The summed E-state index contributed by atoms with van der Waals surface area (Å²) in [5.41, 5.74) is 0. The maximum absolute atomic E-state index is 8.84. The van der Waals surface area contributed by atoms with Crippen LogP contribution in [0.4, 0.5) is 0 Å². The first-order valence-electron chi connectivity index (χ1n) is 6.76. The van der Waals surface area contributed by atoms with Gasteiger partial charge in [0, 0.05) is 12.1 Å². The minimum atomic E-state index is 0.220. The number of aliphatic hydroxyl groups excluding tert-OH is 1. The number of aliphatic hydroxyl groups is 1. The number of nitrogens with one attached hydrogen (secondary N) is 1. The Morgan fingerprint density at radius 3 is 2.06 bits per heavy atom. The summed E-state index contributed by atoms with van der Waals surface area (Å²) in [6, 6.07) is 1.80. The summed E-state index contributed by atoms with van der Waals surface area (Å²) in [6.07, 6.45) is 14.0. The van der Waals surface area contributed by atoms with Gasteiger partial charge in [0.25, 0.3) is 0 Å². The average Bonchev–Trinajstić information content (AvgIpc) is 2.34. The van der Waals surface area contributed by atoms with Crippen LogP contribution in [-0.4, -0.2) is 17.2 Å². The predicted molar refractivity (Wildman–Crippen MR) is 72.3 cm³/mol. The Kier molecular flexibility index (Phi) is 4.93. The van der Waals surface area contributed by atoms with Crippen LogP contribution in [0.2, 0.25) is 0 Å². The molecule has 3 aliphatic rings. The second kappa shape index (κ2) is 6.46. The predicted octanol–water partition coefficient (Wildman–Crippen LogP) is 4.03. The highest BCUT2D eigenvalue weighted by molar-refractivity contribution is 6.30. The first kappa shape index (κ1) is 13.0.